The van der Waals surface area contributed by atoms with Crippen LogP contribution in [0.1, 0.15) is 62.2 Å². The number of thiazole rings is 1. The normalized spacial score (nSPS) is 19.2. The first-order valence-electron chi connectivity index (χ1n) is 11.7. The van der Waals surface area contributed by atoms with Crippen molar-refractivity contribution in [2.45, 2.75) is 70.1 Å². The molecule has 1 aliphatic carbocycles. The third-order valence-electron chi connectivity index (χ3n) is 6.24. The Bertz CT molecular complexity index is 964. The molecular weight excluding hydrogens is 442 g/mol. The van der Waals surface area contributed by atoms with Crippen LogP contribution in [0.4, 0.5) is 4.79 Å². The quantitative estimate of drug-likeness (QED) is 0.558. The highest BCUT2D eigenvalue weighted by atomic mass is 32.1. The zero-order valence-corrected chi connectivity index (χ0v) is 20.4. The van der Waals surface area contributed by atoms with E-state index in [0.717, 1.165) is 59.8 Å². The molecular formula is C23H33N5O4S. The molecule has 180 valence electrons. The van der Waals surface area contributed by atoms with Crippen LogP contribution in [-0.2, 0) is 27.7 Å². The highest BCUT2D eigenvalue weighted by Crippen LogP contribution is 2.40. The van der Waals surface area contributed by atoms with Crippen molar-refractivity contribution >= 4 is 23.3 Å². The molecule has 2 aromatic rings. The number of aryl methyl sites for hydroxylation is 2. The Morgan fingerprint density at radius 3 is 2.82 bits per heavy atom. The highest BCUT2D eigenvalue weighted by molar-refractivity contribution is 7.15. The van der Waals surface area contributed by atoms with Gasteiger partial charge in [-0.05, 0) is 57.9 Å². The summed E-state index contributed by atoms with van der Waals surface area (Å²) in [5, 5.41) is 7.97. The second-order valence-corrected chi connectivity index (χ2v) is 9.73. The predicted molar refractivity (Wildman–Crippen MR) is 125 cm³/mol. The first kappa shape index (κ1) is 23.7. The molecule has 2 aromatic heterocycles. The summed E-state index contributed by atoms with van der Waals surface area (Å²) in [5.41, 5.74) is 1.97. The Kier molecular flexibility index (Phi) is 7.64. The number of carbonyl (C=O) groups is 2. The maximum absolute atomic E-state index is 13.4. The van der Waals surface area contributed by atoms with Gasteiger partial charge >= 0.3 is 6.09 Å². The number of hydrogen-bond donors (Lipinski definition) is 1. The molecule has 33 heavy (non-hydrogen) atoms. The molecule has 4 rings (SSSR count). The lowest BCUT2D eigenvalue weighted by Crippen LogP contribution is -2.44. The number of amides is 2. The molecule has 0 radical (unpaired) electrons. The van der Waals surface area contributed by atoms with Crippen LogP contribution in [0.3, 0.4) is 0 Å². The Labute approximate surface area is 198 Å². The molecule has 2 fully saturated rings. The average molecular weight is 476 g/mol. The van der Waals surface area contributed by atoms with E-state index < -0.39 is 6.09 Å². The van der Waals surface area contributed by atoms with E-state index in [2.05, 4.69) is 22.1 Å². The van der Waals surface area contributed by atoms with E-state index in [1.807, 2.05) is 22.7 Å². The summed E-state index contributed by atoms with van der Waals surface area (Å²) in [4.78, 5) is 32.8. The van der Waals surface area contributed by atoms with Gasteiger partial charge < -0.3 is 19.7 Å². The molecule has 1 aliphatic heterocycles. The fourth-order valence-corrected chi connectivity index (χ4v) is 5.51. The van der Waals surface area contributed by atoms with Gasteiger partial charge in [0.05, 0.1) is 29.4 Å². The lowest BCUT2D eigenvalue weighted by Gasteiger charge is -2.33. The van der Waals surface area contributed by atoms with Crippen LogP contribution < -0.4 is 5.32 Å². The minimum absolute atomic E-state index is 0.103. The van der Waals surface area contributed by atoms with E-state index >= 15 is 0 Å². The standard InChI is InChI=1S/C23H33N5O4S/c1-15(28(16-9-10-16)22(29)19-8-4-5-14-32-19)21-26-17(7-6-12-24-23(30)31-3)20(33-21)18-11-13-25-27(18)2/h11,13,15-16,19H,4-10,12,14H2,1-3H3,(H,24,30)/t15-,19-/m1/s1. The molecule has 0 unspecified atom stereocenters. The van der Waals surface area contributed by atoms with E-state index in [4.69, 9.17) is 9.72 Å². The summed E-state index contributed by atoms with van der Waals surface area (Å²) >= 11 is 1.63. The van der Waals surface area contributed by atoms with Gasteiger partial charge in [0, 0.05) is 32.4 Å². The van der Waals surface area contributed by atoms with Crippen LogP contribution in [0.25, 0.3) is 10.6 Å². The van der Waals surface area contributed by atoms with Crippen molar-refractivity contribution in [3.05, 3.63) is 23.0 Å². The van der Waals surface area contributed by atoms with Gasteiger partial charge in [-0.15, -0.1) is 11.3 Å². The average Bonchev–Trinajstić information content (AvgIpc) is 3.43. The Morgan fingerprint density at radius 2 is 2.18 bits per heavy atom. The minimum Gasteiger partial charge on any atom is -0.453 e. The largest absolute Gasteiger partial charge is 0.453 e. The molecule has 0 bridgehead atoms. The molecule has 3 heterocycles. The summed E-state index contributed by atoms with van der Waals surface area (Å²) in [6.45, 7) is 3.24. The topological polar surface area (TPSA) is 98.6 Å². The fraction of sp³-hybridized carbons (Fsp3) is 0.652. The second kappa shape index (κ2) is 10.6. The van der Waals surface area contributed by atoms with Gasteiger partial charge in [-0.2, -0.15) is 5.10 Å². The van der Waals surface area contributed by atoms with Crippen molar-refractivity contribution in [1.29, 1.82) is 0 Å². The van der Waals surface area contributed by atoms with Crippen molar-refractivity contribution in [1.82, 2.24) is 25.0 Å². The molecule has 2 atom stereocenters. The number of rotatable bonds is 9. The Hall–Kier alpha value is -2.46. The maximum Gasteiger partial charge on any atom is 0.406 e. The van der Waals surface area contributed by atoms with Gasteiger partial charge in [-0.25, -0.2) is 9.78 Å². The summed E-state index contributed by atoms with van der Waals surface area (Å²) < 4.78 is 12.3. The molecule has 0 aromatic carbocycles. The zero-order chi connectivity index (χ0) is 23.4. The van der Waals surface area contributed by atoms with E-state index in [1.54, 1.807) is 17.5 Å². The molecule has 2 aliphatic rings. The van der Waals surface area contributed by atoms with Gasteiger partial charge in [0.15, 0.2) is 0 Å². The molecule has 9 nitrogen and oxygen atoms in total. The smallest absolute Gasteiger partial charge is 0.406 e. The maximum atomic E-state index is 13.4. The minimum atomic E-state index is -0.432. The number of carbonyl (C=O) groups excluding carboxylic acids is 2. The Balaban J connectivity index is 1.55. The summed E-state index contributed by atoms with van der Waals surface area (Å²) in [6.07, 6.45) is 7.39. The van der Waals surface area contributed by atoms with Crippen LogP contribution in [0.5, 0.6) is 0 Å². The number of ether oxygens (including phenoxy) is 2. The lowest BCUT2D eigenvalue weighted by molar-refractivity contribution is -0.149. The zero-order valence-electron chi connectivity index (χ0n) is 19.6. The van der Waals surface area contributed by atoms with Crippen LogP contribution >= 0.6 is 11.3 Å². The third-order valence-corrected chi connectivity index (χ3v) is 7.53. The molecule has 1 saturated heterocycles. The van der Waals surface area contributed by atoms with Gasteiger partial charge in [-0.1, -0.05) is 0 Å². The van der Waals surface area contributed by atoms with Gasteiger partial charge in [-0.3, -0.25) is 9.48 Å². The van der Waals surface area contributed by atoms with E-state index in [-0.39, 0.29) is 24.1 Å². The van der Waals surface area contributed by atoms with E-state index in [0.29, 0.717) is 19.6 Å². The number of nitrogens with zero attached hydrogens (tertiary/aromatic N) is 4. The molecule has 2 amide bonds. The van der Waals surface area contributed by atoms with E-state index in [1.165, 1.54) is 7.11 Å². The van der Waals surface area contributed by atoms with Crippen LogP contribution in [-0.4, -0.2) is 64.1 Å². The van der Waals surface area contributed by atoms with Crippen LogP contribution in [0.15, 0.2) is 12.3 Å². The van der Waals surface area contributed by atoms with Crippen LogP contribution in [0, 0.1) is 0 Å². The summed E-state index contributed by atoms with van der Waals surface area (Å²) in [7, 11) is 3.27. The molecule has 0 spiro atoms. The van der Waals surface area contributed by atoms with Crippen molar-refractivity contribution < 1.29 is 19.1 Å². The molecule has 10 heteroatoms. The van der Waals surface area contributed by atoms with Crippen LogP contribution in [0.2, 0.25) is 0 Å². The van der Waals surface area contributed by atoms with Gasteiger partial charge in [0.2, 0.25) is 0 Å². The molecule has 1 N–H and O–H groups in total. The van der Waals surface area contributed by atoms with Crippen molar-refractivity contribution in [2.75, 3.05) is 20.3 Å². The number of alkyl carbamates (subject to hydrolysis) is 1. The van der Waals surface area contributed by atoms with E-state index in [9.17, 15) is 9.59 Å². The fourth-order valence-electron chi connectivity index (χ4n) is 4.29. The van der Waals surface area contributed by atoms with Crippen molar-refractivity contribution in [3.63, 3.8) is 0 Å². The first-order valence-corrected chi connectivity index (χ1v) is 12.5. The molecule has 1 saturated carbocycles. The highest BCUT2D eigenvalue weighted by Gasteiger charge is 2.41. The number of methoxy groups -OCH3 is 1. The number of hydrogen-bond acceptors (Lipinski definition) is 7. The van der Waals surface area contributed by atoms with Gasteiger partial charge in [0.25, 0.3) is 5.91 Å². The Morgan fingerprint density at radius 1 is 1.36 bits per heavy atom. The SMILES string of the molecule is COC(=O)NCCCc1nc([C@@H](C)N(C(=O)[C@H]2CCCCO2)C2CC2)sc1-c1ccnn1C. The predicted octanol–water partition coefficient (Wildman–Crippen LogP) is 3.45. The number of nitrogens with one attached hydrogen (secondary N) is 1. The third kappa shape index (κ3) is 5.55. The van der Waals surface area contributed by atoms with Crippen molar-refractivity contribution in [2.24, 2.45) is 7.05 Å². The second-order valence-electron chi connectivity index (χ2n) is 8.70. The monoisotopic (exact) mass is 475 g/mol. The number of aromatic nitrogens is 3. The summed E-state index contributed by atoms with van der Waals surface area (Å²) in [5.74, 6) is 0.103. The lowest BCUT2D eigenvalue weighted by atomic mass is 10.1. The van der Waals surface area contributed by atoms with Gasteiger partial charge in [0.1, 0.15) is 11.1 Å². The van der Waals surface area contributed by atoms with Crippen molar-refractivity contribution in [3.8, 4) is 10.6 Å². The summed E-state index contributed by atoms with van der Waals surface area (Å²) in [6, 6.07) is 2.14. The first-order chi connectivity index (χ1) is 16.0.